The second kappa shape index (κ2) is 6.03. The van der Waals surface area contributed by atoms with Crippen molar-refractivity contribution in [2.45, 2.75) is 11.9 Å². The first-order valence-electron chi connectivity index (χ1n) is 5.92. The molecule has 1 aliphatic rings. The summed E-state index contributed by atoms with van der Waals surface area (Å²) in [6.07, 6.45) is 1.31. The Labute approximate surface area is 126 Å². The molecule has 2 N–H and O–H groups in total. The molecular formula is C12H17BrN2O2S2. The van der Waals surface area contributed by atoms with Crippen molar-refractivity contribution >= 4 is 43.2 Å². The Bertz CT molecular complexity index is 563. The molecule has 1 unspecified atom stereocenters. The van der Waals surface area contributed by atoms with Crippen LogP contribution < -0.4 is 5.73 Å². The predicted octanol–water partition coefficient (Wildman–Crippen LogP) is 1.95. The fraction of sp³-hybridized carbons (Fsp3) is 0.500. The highest BCUT2D eigenvalue weighted by atomic mass is 79.9. The van der Waals surface area contributed by atoms with Gasteiger partial charge in [0.2, 0.25) is 0 Å². The number of nitrogen functional groups attached to an aromatic ring is 1. The van der Waals surface area contributed by atoms with Gasteiger partial charge in [0.25, 0.3) is 0 Å². The van der Waals surface area contributed by atoms with Gasteiger partial charge >= 0.3 is 0 Å². The number of sulfone groups is 1. The molecular weight excluding hydrogens is 348 g/mol. The molecule has 0 bridgehead atoms. The number of thioether (sulfide) groups is 1. The molecule has 1 fully saturated rings. The van der Waals surface area contributed by atoms with Gasteiger partial charge in [0.15, 0.2) is 9.84 Å². The number of hydrogen-bond acceptors (Lipinski definition) is 5. The van der Waals surface area contributed by atoms with E-state index in [1.54, 1.807) is 11.8 Å². The van der Waals surface area contributed by atoms with Crippen molar-refractivity contribution in [3.05, 3.63) is 28.2 Å². The number of anilines is 1. The van der Waals surface area contributed by atoms with Crippen LogP contribution in [0.15, 0.2) is 22.7 Å². The van der Waals surface area contributed by atoms with Gasteiger partial charge in [0.05, 0.1) is 0 Å². The summed E-state index contributed by atoms with van der Waals surface area (Å²) in [5.41, 5.74) is 7.48. The normalized spacial score (nSPS) is 21.5. The molecule has 1 atom stereocenters. The standard InChI is InChI=1S/C12H17BrN2O2S2/c1-19(16,17)12-8-18-5-4-15(12)7-9-2-3-10(14)6-11(9)13/h2-3,6,12H,4-5,7-8,14H2,1H3. The van der Waals surface area contributed by atoms with Crippen molar-refractivity contribution in [1.29, 1.82) is 0 Å². The highest BCUT2D eigenvalue weighted by Gasteiger charge is 2.31. The second-order valence-corrected chi connectivity index (χ2v) is 8.89. The molecule has 1 aliphatic heterocycles. The maximum atomic E-state index is 11.8. The SMILES string of the molecule is CS(=O)(=O)C1CSCCN1Cc1ccc(N)cc1Br. The highest BCUT2D eigenvalue weighted by molar-refractivity contribution is 9.10. The van der Waals surface area contributed by atoms with Crippen molar-refractivity contribution in [1.82, 2.24) is 4.90 Å². The Morgan fingerprint density at radius 1 is 1.53 bits per heavy atom. The van der Waals surface area contributed by atoms with Gasteiger partial charge in [-0.2, -0.15) is 11.8 Å². The molecule has 0 amide bonds. The van der Waals surface area contributed by atoms with Gasteiger partial charge in [-0.3, -0.25) is 4.90 Å². The van der Waals surface area contributed by atoms with Crippen LogP contribution in [0.2, 0.25) is 0 Å². The number of benzene rings is 1. The zero-order valence-electron chi connectivity index (χ0n) is 10.7. The van der Waals surface area contributed by atoms with Crippen LogP contribution in [0.4, 0.5) is 5.69 Å². The van der Waals surface area contributed by atoms with Gasteiger partial charge < -0.3 is 5.73 Å². The molecule has 0 spiro atoms. The van der Waals surface area contributed by atoms with E-state index in [4.69, 9.17) is 5.73 Å². The summed E-state index contributed by atoms with van der Waals surface area (Å²) in [4.78, 5) is 2.03. The minimum atomic E-state index is -3.05. The summed E-state index contributed by atoms with van der Waals surface area (Å²) in [6.45, 7) is 1.42. The summed E-state index contributed by atoms with van der Waals surface area (Å²) in [7, 11) is -3.05. The van der Waals surface area contributed by atoms with Crippen LogP contribution >= 0.6 is 27.7 Å². The number of halogens is 1. The predicted molar refractivity (Wildman–Crippen MR) is 84.9 cm³/mol. The Balaban J connectivity index is 2.20. The molecule has 1 aromatic carbocycles. The molecule has 0 saturated carbocycles. The minimum absolute atomic E-state index is 0.393. The van der Waals surface area contributed by atoms with Gasteiger partial charge in [-0.05, 0) is 17.7 Å². The largest absolute Gasteiger partial charge is 0.399 e. The van der Waals surface area contributed by atoms with Gasteiger partial charge in [0, 0.05) is 41.0 Å². The summed E-state index contributed by atoms with van der Waals surface area (Å²) in [5.74, 6) is 1.62. The maximum absolute atomic E-state index is 11.8. The number of hydrogen-bond donors (Lipinski definition) is 1. The zero-order valence-corrected chi connectivity index (χ0v) is 13.9. The fourth-order valence-electron chi connectivity index (χ4n) is 2.10. The van der Waals surface area contributed by atoms with E-state index in [1.165, 1.54) is 6.26 Å². The Kier molecular flexibility index (Phi) is 4.81. The van der Waals surface area contributed by atoms with Crippen LogP contribution in [-0.2, 0) is 16.4 Å². The molecule has 0 aliphatic carbocycles. The third-order valence-corrected chi connectivity index (χ3v) is 6.56. The van der Waals surface area contributed by atoms with Crippen molar-refractivity contribution in [2.75, 3.05) is 30.0 Å². The highest BCUT2D eigenvalue weighted by Crippen LogP contribution is 2.26. The number of nitrogens with two attached hydrogens (primary N) is 1. The Hall–Kier alpha value is -0.240. The third kappa shape index (κ3) is 3.87. The minimum Gasteiger partial charge on any atom is -0.399 e. The van der Waals surface area contributed by atoms with Crippen molar-refractivity contribution < 1.29 is 8.42 Å². The zero-order chi connectivity index (χ0) is 14.0. The molecule has 0 aromatic heterocycles. The molecule has 0 radical (unpaired) electrons. The van der Waals surface area contributed by atoms with Gasteiger partial charge in [-0.1, -0.05) is 22.0 Å². The van der Waals surface area contributed by atoms with Gasteiger partial charge in [-0.15, -0.1) is 0 Å². The lowest BCUT2D eigenvalue weighted by molar-refractivity contribution is 0.262. The first-order chi connectivity index (χ1) is 8.88. The van der Waals surface area contributed by atoms with Crippen LogP contribution in [0.1, 0.15) is 5.56 Å². The molecule has 1 aromatic rings. The van der Waals surface area contributed by atoms with E-state index in [2.05, 4.69) is 15.9 Å². The lowest BCUT2D eigenvalue weighted by Gasteiger charge is -2.34. The van der Waals surface area contributed by atoms with Crippen molar-refractivity contribution in [3.8, 4) is 0 Å². The second-order valence-electron chi connectivity index (χ2n) is 4.68. The first-order valence-corrected chi connectivity index (χ1v) is 9.83. The van der Waals surface area contributed by atoms with E-state index in [-0.39, 0.29) is 0 Å². The van der Waals surface area contributed by atoms with Gasteiger partial charge in [-0.25, -0.2) is 8.42 Å². The van der Waals surface area contributed by atoms with Gasteiger partial charge in [0.1, 0.15) is 5.37 Å². The molecule has 2 rings (SSSR count). The summed E-state index contributed by atoms with van der Waals surface area (Å²) < 4.78 is 24.6. The topological polar surface area (TPSA) is 63.4 Å². The average Bonchev–Trinajstić information content (AvgIpc) is 2.32. The summed E-state index contributed by atoms with van der Waals surface area (Å²) in [5, 5.41) is -0.393. The molecule has 106 valence electrons. The van der Waals surface area contributed by atoms with Crippen LogP contribution in [0.25, 0.3) is 0 Å². The molecule has 7 heteroatoms. The Morgan fingerprint density at radius 3 is 2.89 bits per heavy atom. The smallest absolute Gasteiger partial charge is 0.164 e. The van der Waals surface area contributed by atoms with Crippen molar-refractivity contribution in [3.63, 3.8) is 0 Å². The number of nitrogens with zero attached hydrogens (tertiary/aromatic N) is 1. The van der Waals surface area contributed by atoms with E-state index in [0.717, 1.165) is 22.3 Å². The summed E-state index contributed by atoms with van der Waals surface area (Å²) >= 11 is 5.18. The van der Waals surface area contributed by atoms with E-state index < -0.39 is 15.2 Å². The van der Waals surface area contributed by atoms with E-state index in [0.29, 0.717) is 18.0 Å². The lowest BCUT2D eigenvalue weighted by atomic mass is 10.2. The number of rotatable bonds is 3. The molecule has 4 nitrogen and oxygen atoms in total. The maximum Gasteiger partial charge on any atom is 0.164 e. The monoisotopic (exact) mass is 364 g/mol. The van der Waals surface area contributed by atoms with Crippen LogP contribution in [-0.4, -0.2) is 43.0 Å². The fourth-order valence-corrected chi connectivity index (χ4v) is 5.56. The van der Waals surface area contributed by atoms with Crippen LogP contribution in [0.3, 0.4) is 0 Å². The average molecular weight is 365 g/mol. The van der Waals surface area contributed by atoms with Crippen molar-refractivity contribution in [2.24, 2.45) is 0 Å². The third-order valence-electron chi connectivity index (χ3n) is 3.14. The summed E-state index contributed by atoms with van der Waals surface area (Å²) in [6, 6.07) is 5.64. The Morgan fingerprint density at radius 2 is 2.26 bits per heavy atom. The van der Waals surface area contributed by atoms with E-state index >= 15 is 0 Å². The first kappa shape index (κ1) is 15.2. The van der Waals surface area contributed by atoms with Crippen LogP contribution in [0, 0.1) is 0 Å². The molecule has 1 heterocycles. The lowest BCUT2D eigenvalue weighted by Crippen LogP contribution is -2.46. The quantitative estimate of drug-likeness (QED) is 0.830. The molecule has 1 saturated heterocycles. The molecule has 19 heavy (non-hydrogen) atoms. The van der Waals surface area contributed by atoms with E-state index in [9.17, 15) is 8.42 Å². The van der Waals surface area contributed by atoms with Crippen LogP contribution in [0.5, 0.6) is 0 Å². The van der Waals surface area contributed by atoms with E-state index in [1.807, 2.05) is 23.1 Å².